The van der Waals surface area contributed by atoms with E-state index < -0.39 is 10.0 Å². The standard InChI is InChI=1S/C21H22N2O4S2/c1-2-17-14-23(9-10-27-17)21(24)18-12-15-6-3-4-7-16(15)13-19(18)22-29(25,26)20-8-5-11-28-20/h3-8,11-13,17,22H,2,9-10,14H2,1H3. The summed E-state index contributed by atoms with van der Waals surface area (Å²) >= 11 is 1.14. The third-order valence-corrected chi connectivity index (χ3v) is 7.76. The van der Waals surface area contributed by atoms with Gasteiger partial charge in [0.15, 0.2) is 0 Å². The van der Waals surface area contributed by atoms with Gasteiger partial charge in [-0.15, -0.1) is 11.3 Å². The van der Waals surface area contributed by atoms with Gasteiger partial charge in [0.2, 0.25) is 0 Å². The first-order chi connectivity index (χ1) is 14.0. The minimum absolute atomic E-state index is 0.000540. The molecule has 1 aliphatic rings. The molecule has 1 aromatic heterocycles. The highest BCUT2D eigenvalue weighted by Crippen LogP contribution is 2.29. The van der Waals surface area contributed by atoms with Crippen molar-refractivity contribution >= 4 is 43.7 Å². The van der Waals surface area contributed by atoms with Crippen molar-refractivity contribution in [3.05, 3.63) is 59.5 Å². The molecule has 6 nitrogen and oxygen atoms in total. The second-order valence-corrected chi connectivity index (χ2v) is 9.79. The van der Waals surface area contributed by atoms with Crippen molar-refractivity contribution in [2.45, 2.75) is 23.7 Å². The first kappa shape index (κ1) is 19.9. The molecule has 1 amide bonds. The van der Waals surface area contributed by atoms with E-state index in [1.54, 1.807) is 34.5 Å². The predicted molar refractivity (Wildman–Crippen MR) is 115 cm³/mol. The van der Waals surface area contributed by atoms with Crippen molar-refractivity contribution < 1.29 is 17.9 Å². The number of fused-ring (bicyclic) bond motifs is 1. The highest BCUT2D eigenvalue weighted by molar-refractivity contribution is 7.94. The maximum Gasteiger partial charge on any atom is 0.271 e. The normalized spacial score (nSPS) is 17.4. The van der Waals surface area contributed by atoms with Crippen molar-refractivity contribution in [1.82, 2.24) is 4.90 Å². The summed E-state index contributed by atoms with van der Waals surface area (Å²) in [7, 11) is -3.77. The Labute approximate surface area is 174 Å². The number of hydrogen-bond donors (Lipinski definition) is 1. The predicted octanol–water partition coefficient (Wildman–Crippen LogP) is 3.95. The molecule has 0 saturated carbocycles. The van der Waals surface area contributed by atoms with E-state index in [0.717, 1.165) is 28.5 Å². The molecule has 152 valence electrons. The van der Waals surface area contributed by atoms with Crippen LogP contribution in [0, 0.1) is 0 Å². The minimum atomic E-state index is -3.77. The molecule has 1 unspecified atom stereocenters. The van der Waals surface area contributed by atoms with Crippen molar-refractivity contribution in [2.75, 3.05) is 24.4 Å². The molecule has 1 fully saturated rings. The van der Waals surface area contributed by atoms with E-state index >= 15 is 0 Å². The quantitative estimate of drug-likeness (QED) is 0.665. The van der Waals surface area contributed by atoms with E-state index in [2.05, 4.69) is 4.72 Å². The number of amides is 1. The highest BCUT2D eigenvalue weighted by Gasteiger charge is 2.27. The number of ether oxygens (including phenoxy) is 1. The van der Waals surface area contributed by atoms with Crippen LogP contribution in [0.1, 0.15) is 23.7 Å². The Balaban J connectivity index is 1.75. The van der Waals surface area contributed by atoms with Crippen LogP contribution in [0.3, 0.4) is 0 Å². The molecule has 4 rings (SSSR count). The lowest BCUT2D eigenvalue weighted by Crippen LogP contribution is -2.45. The number of sulfonamides is 1. The van der Waals surface area contributed by atoms with Gasteiger partial charge in [0, 0.05) is 13.1 Å². The van der Waals surface area contributed by atoms with E-state index in [9.17, 15) is 13.2 Å². The van der Waals surface area contributed by atoms with E-state index in [-0.39, 0.29) is 16.2 Å². The average Bonchev–Trinajstić information content (AvgIpc) is 3.28. The fourth-order valence-corrected chi connectivity index (χ4v) is 5.50. The van der Waals surface area contributed by atoms with Gasteiger partial charge in [0.1, 0.15) is 4.21 Å². The SMILES string of the molecule is CCC1CN(C(=O)c2cc3ccccc3cc2NS(=O)(=O)c2cccs2)CCO1. The second kappa shape index (κ2) is 8.14. The second-order valence-electron chi connectivity index (χ2n) is 6.93. The fraction of sp³-hybridized carbons (Fsp3) is 0.286. The zero-order valence-corrected chi connectivity index (χ0v) is 17.6. The number of nitrogens with zero attached hydrogens (tertiary/aromatic N) is 1. The lowest BCUT2D eigenvalue weighted by molar-refractivity contribution is -0.0225. The number of rotatable bonds is 5. The van der Waals surface area contributed by atoms with E-state index in [1.165, 1.54) is 0 Å². The first-order valence-corrected chi connectivity index (χ1v) is 11.8. The Kier molecular flexibility index (Phi) is 5.58. The van der Waals surface area contributed by atoms with E-state index in [4.69, 9.17) is 4.74 Å². The van der Waals surface area contributed by atoms with Gasteiger partial charge in [0.05, 0.1) is 24.0 Å². The molecule has 0 radical (unpaired) electrons. The number of carbonyl (C=O) groups excluding carboxylic acids is 1. The molecular weight excluding hydrogens is 408 g/mol. The fourth-order valence-electron chi connectivity index (χ4n) is 3.43. The Hall–Kier alpha value is -2.42. The topological polar surface area (TPSA) is 75.7 Å². The molecular formula is C21H22N2O4S2. The Morgan fingerprint density at radius 3 is 2.66 bits per heavy atom. The molecule has 1 N–H and O–H groups in total. The molecule has 2 aromatic carbocycles. The number of hydrogen-bond acceptors (Lipinski definition) is 5. The number of nitrogens with one attached hydrogen (secondary N) is 1. The van der Waals surface area contributed by atoms with Crippen LogP contribution in [0.5, 0.6) is 0 Å². The molecule has 0 bridgehead atoms. The van der Waals surface area contributed by atoms with Gasteiger partial charge >= 0.3 is 0 Å². The number of anilines is 1. The molecule has 8 heteroatoms. The molecule has 1 saturated heterocycles. The van der Waals surface area contributed by atoms with Gasteiger partial charge in [-0.2, -0.15) is 0 Å². The monoisotopic (exact) mass is 430 g/mol. The molecule has 2 heterocycles. The number of carbonyl (C=O) groups is 1. The van der Waals surface area contributed by atoms with Gasteiger partial charge in [-0.3, -0.25) is 9.52 Å². The maximum absolute atomic E-state index is 13.3. The van der Waals surface area contributed by atoms with Crippen LogP contribution in [0.2, 0.25) is 0 Å². The van der Waals surface area contributed by atoms with Gasteiger partial charge in [-0.25, -0.2) is 8.42 Å². The zero-order valence-electron chi connectivity index (χ0n) is 16.0. The molecule has 0 aliphatic carbocycles. The summed E-state index contributed by atoms with van der Waals surface area (Å²) in [6, 6.07) is 14.3. The van der Waals surface area contributed by atoms with Crippen molar-refractivity contribution in [1.29, 1.82) is 0 Å². The average molecular weight is 431 g/mol. The zero-order chi connectivity index (χ0) is 20.4. The van der Waals surface area contributed by atoms with Crippen LogP contribution in [-0.4, -0.2) is 45.0 Å². The number of benzene rings is 2. The Bertz CT molecular complexity index is 1130. The van der Waals surface area contributed by atoms with E-state index in [0.29, 0.717) is 30.9 Å². The summed E-state index contributed by atoms with van der Waals surface area (Å²) in [5.41, 5.74) is 0.641. The van der Waals surface area contributed by atoms with Crippen LogP contribution in [0.25, 0.3) is 10.8 Å². The van der Waals surface area contributed by atoms with Crippen molar-refractivity contribution in [3.63, 3.8) is 0 Å². The molecule has 1 atom stereocenters. The number of morpholine rings is 1. The Morgan fingerprint density at radius 1 is 1.21 bits per heavy atom. The summed E-state index contributed by atoms with van der Waals surface area (Å²) in [6.45, 7) is 3.49. The lowest BCUT2D eigenvalue weighted by atomic mass is 10.0. The lowest BCUT2D eigenvalue weighted by Gasteiger charge is -2.33. The maximum atomic E-state index is 13.3. The van der Waals surface area contributed by atoms with Crippen LogP contribution in [0.4, 0.5) is 5.69 Å². The van der Waals surface area contributed by atoms with Gasteiger partial charge in [-0.1, -0.05) is 37.3 Å². The van der Waals surface area contributed by atoms with Crippen molar-refractivity contribution in [3.8, 4) is 0 Å². The summed E-state index contributed by atoms with van der Waals surface area (Å²) in [6.07, 6.45) is 0.818. The highest BCUT2D eigenvalue weighted by atomic mass is 32.2. The first-order valence-electron chi connectivity index (χ1n) is 9.48. The van der Waals surface area contributed by atoms with Crippen LogP contribution >= 0.6 is 11.3 Å². The van der Waals surface area contributed by atoms with Crippen LogP contribution in [-0.2, 0) is 14.8 Å². The molecule has 29 heavy (non-hydrogen) atoms. The summed E-state index contributed by atoms with van der Waals surface area (Å²) in [4.78, 5) is 15.1. The third-order valence-electron chi connectivity index (χ3n) is 5.00. The van der Waals surface area contributed by atoms with E-state index in [1.807, 2.05) is 31.2 Å². The minimum Gasteiger partial charge on any atom is -0.375 e. The summed E-state index contributed by atoms with van der Waals surface area (Å²) in [5.74, 6) is -0.193. The van der Waals surface area contributed by atoms with Gasteiger partial charge in [0.25, 0.3) is 15.9 Å². The molecule has 1 aliphatic heterocycles. The largest absolute Gasteiger partial charge is 0.375 e. The smallest absolute Gasteiger partial charge is 0.271 e. The molecule has 0 spiro atoms. The Morgan fingerprint density at radius 2 is 1.97 bits per heavy atom. The van der Waals surface area contributed by atoms with Crippen LogP contribution in [0.15, 0.2) is 58.1 Å². The van der Waals surface area contributed by atoms with Gasteiger partial charge in [-0.05, 0) is 40.8 Å². The number of thiophene rings is 1. The molecule has 3 aromatic rings. The summed E-state index contributed by atoms with van der Waals surface area (Å²) in [5, 5.41) is 3.45. The van der Waals surface area contributed by atoms with Gasteiger partial charge < -0.3 is 9.64 Å². The summed E-state index contributed by atoms with van der Waals surface area (Å²) < 4.78 is 34.1. The third kappa shape index (κ3) is 4.14. The van der Waals surface area contributed by atoms with Crippen molar-refractivity contribution in [2.24, 2.45) is 0 Å². The van der Waals surface area contributed by atoms with Crippen LogP contribution < -0.4 is 4.72 Å².